The standard InChI is InChI=1S/C64H40N2OS/c1-2-15-43-38-44(29-28-41(43)14-1)42-30-33-47(34-31-42)65(56-23-8-3-18-49(56)46-32-35-54-53-21-7-12-27-61(53)68-62(54)40-46)59-37-36-50(64-63(59)55-22-6-11-26-60(55)67-64)45-16-13-17-48(39-45)66-57-24-9-4-19-51(57)52-20-5-10-25-58(52)66/h1-40H. The average molecular weight is 885 g/mol. The van der Waals surface area contributed by atoms with Crippen LogP contribution in [0.4, 0.5) is 17.1 Å². The van der Waals surface area contributed by atoms with Gasteiger partial charge in [-0.15, -0.1) is 11.3 Å². The van der Waals surface area contributed by atoms with Crippen molar-refractivity contribution in [3.05, 3.63) is 243 Å². The highest BCUT2D eigenvalue weighted by Gasteiger charge is 2.25. The van der Waals surface area contributed by atoms with E-state index in [4.69, 9.17) is 4.42 Å². The average Bonchev–Trinajstić information content (AvgIpc) is 4.09. The lowest BCUT2D eigenvalue weighted by molar-refractivity contribution is 0.670. The fourth-order valence-electron chi connectivity index (χ4n) is 10.6. The summed E-state index contributed by atoms with van der Waals surface area (Å²) in [6, 6.07) is 88.2. The maximum atomic E-state index is 7.04. The van der Waals surface area contributed by atoms with E-state index in [-0.39, 0.29) is 0 Å². The van der Waals surface area contributed by atoms with E-state index in [0.717, 1.165) is 61.4 Å². The quantitative estimate of drug-likeness (QED) is 0.159. The van der Waals surface area contributed by atoms with E-state index in [9.17, 15) is 0 Å². The summed E-state index contributed by atoms with van der Waals surface area (Å²) in [6.45, 7) is 0. The van der Waals surface area contributed by atoms with Gasteiger partial charge in [-0.25, -0.2) is 0 Å². The van der Waals surface area contributed by atoms with Crippen LogP contribution in [0, 0.1) is 0 Å². The van der Waals surface area contributed by atoms with E-state index in [2.05, 4.69) is 252 Å². The number of fused-ring (bicyclic) bond motifs is 10. The topological polar surface area (TPSA) is 21.3 Å². The number of thiophene rings is 1. The van der Waals surface area contributed by atoms with Gasteiger partial charge in [-0.05, 0) is 112 Å². The Kier molecular flexibility index (Phi) is 8.76. The van der Waals surface area contributed by atoms with Crippen molar-refractivity contribution in [2.24, 2.45) is 0 Å². The first-order valence-electron chi connectivity index (χ1n) is 23.2. The van der Waals surface area contributed by atoms with Crippen molar-refractivity contribution >= 4 is 103 Å². The van der Waals surface area contributed by atoms with Gasteiger partial charge in [0.1, 0.15) is 11.2 Å². The Labute approximate surface area is 396 Å². The van der Waals surface area contributed by atoms with Crippen molar-refractivity contribution in [2.45, 2.75) is 0 Å². The van der Waals surface area contributed by atoms with Gasteiger partial charge in [0.15, 0.2) is 0 Å². The van der Waals surface area contributed by atoms with Gasteiger partial charge in [-0.3, -0.25) is 0 Å². The van der Waals surface area contributed by atoms with Gasteiger partial charge in [0.2, 0.25) is 0 Å². The molecule has 0 aliphatic rings. The molecule has 3 aromatic heterocycles. The highest BCUT2D eigenvalue weighted by molar-refractivity contribution is 7.25. The highest BCUT2D eigenvalue weighted by Crippen LogP contribution is 2.49. The molecule has 0 fully saturated rings. The molecule has 0 aliphatic carbocycles. The summed E-state index contributed by atoms with van der Waals surface area (Å²) in [5.41, 5.74) is 15.2. The second kappa shape index (κ2) is 15.5. The molecule has 0 unspecified atom stereocenters. The Balaban J connectivity index is 0.979. The van der Waals surface area contributed by atoms with Crippen molar-refractivity contribution in [2.75, 3.05) is 4.90 Å². The fraction of sp³-hybridized carbons (Fsp3) is 0. The summed E-state index contributed by atoms with van der Waals surface area (Å²) < 4.78 is 12.0. The Morgan fingerprint density at radius 2 is 1.01 bits per heavy atom. The molecule has 68 heavy (non-hydrogen) atoms. The summed E-state index contributed by atoms with van der Waals surface area (Å²) in [4.78, 5) is 2.44. The number of nitrogens with zero attached hydrogens (tertiary/aromatic N) is 2. The van der Waals surface area contributed by atoms with Crippen LogP contribution >= 0.6 is 11.3 Å². The predicted molar refractivity (Wildman–Crippen MR) is 289 cm³/mol. The van der Waals surface area contributed by atoms with Crippen LogP contribution in [-0.4, -0.2) is 4.57 Å². The van der Waals surface area contributed by atoms with Gasteiger partial charge in [-0.1, -0.05) is 164 Å². The first kappa shape index (κ1) is 38.6. The largest absolute Gasteiger partial charge is 0.455 e. The third-order valence-electron chi connectivity index (χ3n) is 13.8. The first-order valence-corrected chi connectivity index (χ1v) is 24.0. The lowest BCUT2D eigenvalue weighted by Crippen LogP contribution is -2.11. The zero-order chi connectivity index (χ0) is 44.7. The smallest absolute Gasteiger partial charge is 0.145 e. The Morgan fingerprint density at radius 1 is 0.368 bits per heavy atom. The van der Waals surface area contributed by atoms with Crippen molar-refractivity contribution in [1.29, 1.82) is 0 Å². The van der Waals surface area contributed by atoms with Crippen LogP contribution in [0.1, 0.15) is 0 Å². The number of para-hydroxylation sites is 4. The molecule has 0 spiro atoms. The first-order chi connectivity index (χ1) is 33.7. The summed E-state index contributed by atoms with van der Waals surface area (Å²) in [5.74, 6) is 0. The van der Waals surface area contributed by atoms with E-state index >= 15 is 0 Å². The van der Waals surface area contributed by atoms with E-state index in [0.29, 0.717) is 0 Å². The molecule has 14 rings (SSSR count). The van der Waals surface area contributed by atoms with Crippen LogP contribution in [0.15, 0.2) is 247 Å². The van der Waals surface area contributed by atoms with Crippen LogP contribution in [0.3, 0.4) is 0 Å². The van der Waals surface area contributed by atoms with Crippen molar-refractivity contribution in [3.63, 3.8) is 0 Å². The fourth-order valence-corrected chi connectivity index (χ4v) is 11.8. The van der Waals surface area contributed by atoms with Gasteiger partial charge in [0.05, 0.1) is 27.8 Å². The second-order valence-electron chi connectivity index (χ2n) is 17.6. The molecule has 0 bridgehead atoms. The lowest BCUT2D eigenvalue weighted by atomic mass is 9.97. The molecular weight excluding hydrogens is 845 g/mol. The van der Waals surface area contributed by atoms with Crippen LogP contribution in [0.5, 0.6) is 0 Å². The normalized spacial score (nSPS) is 11.8. The second-order valence-corrected chi connectivity index (χ2v) is 18.7. The molecule has 0 saturated heterocycles. The lowest BCUT2D eigenvalue weighted by Gasteiger charge is -2.29. The third kappa shape index (κ3) is 6.12. The van der Waals surface area contributed by atoms with Gasteiger partial charge in [0.25, 0.3) is 0 Å². The van der Waals surface area contributed by atoms with Gasteiger partial charge in [0, 0.05) is 58.8 Å². The summed E-state index contributed by atoms with van der Waals surface area (Å²) >= 11 is 1.85. The molecule has 318 valence electrons. The minimum atomic E-state index is 0.852. The maximum absolute atomic E-state index is 7.04. The van der Waals surface area contributed by atoms with E-state index in [1.165, 1.54) is 69.4 Å². The number of rotatable bonds is 7. The van der Waals surface area contributed by atoms with Gasteiger partial charge >= 0.3 is 0 Å². The summed E-state index contributed by atoms with van der Waals surface area (Å²) in [5, 5.41) is 9.68. The minimum absolute atomic E-state index is 0.852. The van der Waals surface area contributed by atoms with Crippen molar-refractivity contribution in [1.82, 2.24) is 4.57 Å². The molecule has 0 saturated carbocycles. The highest BCUT2D eigenvalue weighted by atomic mass is 32.1. The van der Waals surface area contributed by atoms with Gasteiger partial charge < -0.3 is 13.9 Å². The van der Waals surface area contributed by atoms with E-state index in [1.807, 2.05) is 11.3 Å². The van der Waals surface area contributed by atoms with Crippen molar-refractivity contribution < 1.29 is 4.42 Å². The molecule has 11 aromatic carbocycles. The molecule has 3 nitrogen and oxygen atoms in total. The molecule has 0 atom stereocenters. The predicted octanol–water partition coefficient (Wildman–Crippen LogP) is 18.7. The van der Waals surface area contributed by atoms with Gasteiger partial charge in [-0.2, -0.15) is 0 Å². The van der Waals surface area contributed by atoms with Crippen LogP contribution < -0.4 is 4.90 Å². The van der Waals surface area contributed by atoms with Crippen LogP contribution in [0.2, 0.25) is 0 Å². The number of hydrogen-bond donors (Lipinski definition) is 0. The zero-order valence-electron chi connectivity index (χ0n) is 36.8. The zero-order valence-corrected chi connectivity index (χ0v) is 37.6. The van der Waals surface area contributed by atoms with Crippen LogP contribution in [-0.2, 0) is 0 Å². The third-order valence-corrected chi connectivity index (χ3v) is 14.9. The monoisotopic (exact) mass is 884 g/mol. The Bertz CT molecular complexity index is 4230. The number of hydrogen-bond acceptors (Lipinski definition) is 3. The minimum Gasteiger partial charge on any atom is -0.455 e. The Hall–Kier alpha value is -8.70. The van der Waals surface area contributed by atoms with Crippen LogP contribution in [0.25, 0.3) is 114 Å². The molecule has 0 N–H and O–H groups in total. The molecule has 0 amide bonds. The summed E-state index contributed by atoms with van der Waals surface area (Å²) in [6.07, 6.45) is 0. The summed E-state index contributed by atoms with van der Waals surface area (Å²) in [7, 11) is 0. The molecule has 4 heteroatoms. The number of benzene rings is 11. The molecule has 14 aromatic rings. The SMILES string of the molecule is c1cc(-c2ccc(N(c3ccc(-c4ccc5ccccc5c4)cc3)c3ccccc3-c3ccc4c(c3)sc3ccccc34)c3c2oc2ccccc23)cc(-n2c3ccccc3c3ccccc32)c1. The van der Waals surface area contributed by atoms with Crippen molar-refractivity contribution in [3.8, 4) is 39.1 Å². The maximum Gasteiger partial charge on any atom is 0.145 e. The number of furan rings is 1. The van der Waals surface area contributed by atoms with E-state index < -0.39 is 0 Å². The molecule has 0 aliphatic heterocycles. The number of anilines is 3. The molecule has 3 heterocycles. The molecular formula is C64H40N2OS. The number of aromatic nitrogens is 1. The molecule has 0 radical (unpaired) electrons. The van der Waals surface area contributed by atoms with E-state index in [1.54, 1.807) is 0 Å². The Morgan fingerprint density at radius 3 is 1.85 bits per heavy atom.